The van der Waals surface area contributed by atoms with Gasteiger partial charge in [0.2, 0.25) is 0 Å². The summed E-state index contributed by atoms with van der Waals surface area (Å²) in [6, 6.07) is 6.22. The van der Waals surface area contributed by atoms with E-state index in [1.54, 1.807) is 0 Å². The highest BCUT2D eigenvalue weighted by molar-refractivity contribution is 5.92. The zero-order valence-electron chi connectivity index (χ0n) is 9.70. The summed E-state index contributed by atoms with van der Waals surface area (Å²) in [6.07, 6.45) is 7.87. The Morgan fingerprint density at radius 1 is 1.31 bits per heavy atom. The third-order valence-corrected chi connectivity index (χ3v) is 2.72. The predicted molar refractivity (Wildman–Crippen MR) is 71.3 cm³/mol. The summed E-state index contributed by atoms with van der Waals surface area (Å²) >= 11 is 0. The molecule has 0 radical (unpaired) electrons. The van der Waals surface area contributed by atoms with E-state index in [0.717, 1.165) is 11.1 Å². The van der Waals surface area contributed by atoms with Gasteiger partial charge >= 0.3 is 0 Å². The van der Waals surface area contributed by atoms with Crippen LogP contribution in [0.3, 0.4) is 0 Å². The van der Waals surface area contributed by atoms with Gasteiger partial charge in [0.15, 0.2) is 0 Å². The lowest BCUT2D eigenvalue weighted by molar-refractivity contribution is 1.37. The first-order valence-corrected chi connectivity index (χ1v) is 5.41. The molecule has 80 valence electrons. The van der Waals surface area contributed by atoms with Gasteiger partial charge in [-0.1, -0.05) is 30.9 Å². The first-order valence-electron chi connectivity index (χ1n) is 5.41. The van der Waals surface area contributed by atoms with Crippen LogP contribution in [-0.4, -0.2) is 4.98 Å². The smallest absolute Gasteiger partial charge is 0.0780 e. The van der Waals surface area contributed by atoms with Crippen LogP contribution in [0.5, 0.6) is 0 Å². The van der Waals surface area contributed by atoms with E-state index in [2.05, 4.69) is 36.7 Å². The van der Waals surface area contributed by atoms with E-state index in [1.807, 2.05) is 31.3 Å². The van der Waals surface area contributed by atoms with E-state index < -0.39 is 0 Å². The summed E-state index contributed by atoms with van der Waals surface area (Å²) in [4.78, 5) is 4.45. The van der Waals surface area contributed by atoms with Gasteiger partial charge in [-0.25, -0.2) is 0 Å². The Kier molecular flexibility index (Phi) is 2.86. The molecule has 1 aromatic carbocycles. The lowest BCUT2D eigenvalue weighted by atomic mass is 9.97. The fourth-order valence-electron chi connectivity index (χ4n) is 2.02. The number of rotatable bonds is 2. The van der Waals surface area contributed by atoms with Crippen molar-refractivity contribution in [3.8, 4) is 0 Å². The number of allylic oxidation sites excluding steroid dienone is 1. The van der Waals surface area contributed by atoms with Crippen LogP contribution in [-0.2, 0) is 0 Å². The standard InChI is InChI=1S/C15H15N/c1-4-7-14-13(5-2)11(3)10-12-8-6-9-16-15(12)14/h4-10H,2H2,1,3H3/b7-4-. The molecule has 0 unspecified atom stereocenters. The fraction of sp³-hybridized carbons (Fsp3) is 0.133. The Labute approximate surface area is 96.1 Å². The molecule has 0 saturated carbocycles. The molecule has 16 heavy (non-hydrogen) atoms. The van der Waals surface area contributed by atoms with Crippen LogP contribution in [0.2, 0.25) is 0 Å². The van der Waals surface area contributed by atoms with Crippen molar-refractivity contribution < 1.29 is 0 Å². The molecular weight excluding hydrogens is 194 g/mol. The van der Waals surface area contributed by atoms with E-state index in [0.29, 0.717) is 0 Å². The van der Waals surface area contributed by atoms with Crippen LogP contribution in [0.15, 0.2) is 37.1 Å². The molecule has 0 amide bonds. The van der Waals surface area contributed by atoms with Crippen molar-refractivity contribution in [2.75, 3.05) is 0 Å². The van der Waals surface area contributed by atoms with Gasteiger partial charge in [-0.3, -0.25) is 4.98 Å². The average Bonchev–Trinajstić information content (AvgIpc) is 2.29. The molecule has 1 heterocycles. The molecule has 2 aromatic rings. The molecule has 0 N–H and O–H groups in total. The lowest BCUT2D eigenvalue weighted by Gasteiger charge is -2.09. The van der Waals surface area contributed by atoms with E-state index in [1.165, 1.54) is 16.5 Å². The normalized spacial score (nSPS) is 11.1. The molecule has 0 atom stereocenters. The van der Waals surface area contributed by atoms with Crippen molar-refractivity contribution in [3.63, 3.8) is 0 Å². The number of benzene rings is 1. The van der Waals surface area contributed by atoms with Crippen molar-refractivity contribution in [3.05, 3.63) is 53.7 Å². The van der Waals surface area contributed by atoms with Crippen molar-refractivity contribution >= 4 is 23.1 Å². The Balaban J connectivity index is 2.92. The van der Waals surface area contributed by atoms with Crippen molar-refractivity contribution in [2.45, 2.75) is 13.8 Å². The molecule has 0 bridgehead atoms. The van der Waals surface area contributed by atoms with Crippen LogP contribution in [0, 0.1) is 6.92 Å². The van der Waals surface area contributed by atoms with Gasteiger partial charge < -0.3 is 0 Å². The molecule has 0 fully saturated rings. The minimum Gasteiger partial charge on any atom is -0.256 e. The van der Waals surface area contributed by atoms with Crippen molar-refractivity contribution in [2.24, 2.45) is 0 Å². The molecule has 1 nitrogen and oxygen atoms in total. The Morgan fingerprint density at radius 2 is 2.12 bits per heavy atom. The zero-order valence-corrected chi connectivity index (χ0v) is 9.70. The molecule has 0 aliphatic rings. The van der Waals surface area contributed by atoms with Gasteiger partial charge in [0.1, 0.15) is 0 Å². The summed E-state index contributed by atoms with van der Waals surface area (Å²) in [5.74, 6) is 0. The third-order valence-electron chi connectivity index (χ3n) is 2.72. The Morgan fingerprint density at radius 3 is 2.81 bits per heavy atom. The number of nitrogens with zero attached hydrogens (tertiary/aromatic N) is 1. The van der Waals surface area contributed by atoms with E-state index in [4.69, 9.17) is 0 Å². The number of pyridine rings is 1. The van der Waals surface area contributed by atoms with E-state index in [9.17, 15) is 0 Å². The van der Waals surface area contributed by atoms with Crippen LogP contribution in [0.25, 0.3) is 23.1 Å². The molecule has 0 aliphatic carbocycles. The first kappa shape index (κ1) is 10.6. The highest BCUT2D eigenvalue weighted by atomic mass is 14.6. The maximum atomic E-state index is 4.45. The maximum absolute atomic E-state index is 4.45. The van der Waals surface area contributed by atoms with Gasteiger partial charge in [0, 0.05) is 17.1 Å². The number of aromatic nitrogens is 1. The second kappa shape index (κ2) is 4.31. The monoisotopic (exact) mass is 209 g/mol. The number of hydrogen-bond acceptors (Lipinski definition) is 1. The van der Waals surface area contributed by atoms with Gasteiger partial charge in [0.05, 0.1) is 5.52 Å². The van der Waals surface area contributed by atoms with Gasteiger partial charge in [0.25, 0.3) is 0 Å². The highest BCUT2D eigenvalue weighted by Crippen LogP contribution is 2.26. The Bertz CT molecular complexity index is 565. The lowest BCUT2D eigenvalue weighted by Crippen LogP contribution is -1.91. The van der Waals surface area contributed by atoms with Crippen LogP contribution < -0.4 is 0 Å². The van der Waals surface area contributed by atoms with Crippen molar-refractivity contribution in [1.82, 2.24) is 4.98 Å². The second-order valence-corrected chi connectivity index (χ2v) is 3.80. The summed E-state index contributed by atoms with van der Waals surface area (Å²) < 4.78 is 0. The van der Waals surface area contributed by atoms with Crippen LogP contribution >= 0.6 is 0 Å². The van der Waals surface area contributed by atoms with Crippen LogP contribution in [0.4, 0.5) is 0 Å². The SMILES string of the molecule is C=Cc1c(C)cc2cccnc2c1/C=C\C. The van der Waals surface area contributed by atoms with Gasteiger partial charge in [-0.05, 0) is 37.1 Å². The molecule has 1 aromatic heterocycles. The first-order chi connectivity index (χ1) is 7.77. The van der Waals surface area contributed by atoms with Gasteiger partial charge in [-0.15, -0.1) is 0 Å². The number of aryl methyl sites for hydroxylation is 1. The zero-order chi connectivity index (χ0) is 11.5. The summed E-state index contributed by atoms with van der Waals surface area (Å²) in [6.45, 7) is 8.01. The summed E-state index contributed by atoms with van der Waals surface area (Å²) in [5.41, 5.74) is 4.61. The topological polar surface area (TPSA) is 12.9 Å². The number of fused-ring (bicyclic) bond motifs is 1. The van der Waals surface area contributed by atoms with Crippen molar-refractivity contribution in [1.29, 1.82) is 0 Å². The summed E-state index contributed by atoms with van der Waals surface area (Å²) in [5, 5.41) is 1.18. The largest absolute Gasteiger partial charge is 0.256 e. The summed E-state index contributed by atoms with van der Waals surface area (Å²) in [7, 11) is 0. The quantitative estimate of drug-likeness (QED) is 0.721. The predicted octanol–water partition coefficient (Wildman–Crippen LogP) is 4.22. The van der Waals surface area contributed by atoms with Gasteiger partial charge in [-0.2, -0.15) is 0 Å². The molecule has 2 rings (SSSR count). The third kappa shape index (κ3) is 1.65. The maximum Gasteiger partial charge on any atom is 0.0780 e. The molecule has 0 aliphatic heterocycles. The molecular formula is C15H15N. The minimum absolute atomic E-state index is 1.04. The van der Waals surface area contributed by atoms with E-state index in [-0.39, 0.29) is 0 Å². The van der Waals surface area contributed by atoms with E-state index >= 15 is 0 Å². The minimum atomic E-state index is 1.04. The average molecular weight is 209 g/mol. The highest BCUT2D eigenvalue weighted by Gasteiger charge is 2.06. The fourth-order valence-corrected chi connectivity index (χ4v) is 2.02. The number of hydrogen-bond donors (Lipinski definition) is 0. The molecule has 0 saturated heterocycles. The molecule has 1 heteroatoms. The van der Waals surface area contributed by atoms with Crippen LogP contribution in [0.1, 0.15) is 23.6 Å². The molecule has 0 spiro atoms. The second-order valence-electron chi connectivity index (χ2n) is 3.80. The Hall–Kier alpha value is -1.89.